The maximum atomic E-state index is 8.75. The maximum Gasteiger partial charge on any atom is 0.181 e. The van der Waals surface area contributed by atoms with Gasteiger partial charge in [0, 0.05) is 17.0 Å². The molecule has 1 unspecified atom stereocenters. The molecule has 0 aliphatic heterocycles. The lowest BCUT2D eigenvalue weighted by atomic mass is 10.2. The summed E-state index contributed by atoms with van der Waals surface area (Å²) in [5.41, 5.74) is 1.01. The first-order valence-electron chi connectivity index (χ1n) is 5.59. The summed E-state index contributed by atoms with van der Waals surface area (Å²) >= 11 is 3.39. The highest BCUT2D eigenvalue weighted by Gasteiger charge is 2.08. The van der Waals surface area contributed by atoms with Crippen LogP contribution in [0.3, 0.4) is 0 Å². The lowest BCUT2D eigenvalue weighted by molar-refractivity contribution is 0.269. The van der Waals surface area contributed by atoms with Crippen LogP contribution < -0.4 is 9.47 Å². The number of halogens is 1. The monoisotopic (exact) mass is 297 g/mol. The molecule has 92 valence electrons. The second-order valence-electron chi connectivity index (χ2n) is 3.64. The zero-order chi connectivity index (χ0) is 12.7. The summed E-state index contributed by atoms with van der Waals surface area (Å²) in [6.45, 7) is 4.46. The van der Waals surface area contributed by atoms with Crippen molar-refractivity contribution in [2.45, 2.75) is 31.7 Å². The van der Waals surface area contributed by atoms with Crippen LogP contribution in [0.4, 0.5) is 0 Å². The van der Waals surface area contributed by atoms with Crippen molar-refractivity contribution in [1.29, 1.82) is 5.26 Å². The van der Waals surface area contributed by atoms with Crippen LogP contribution in [0, 0.1) is 11.3 Å². The van der Waals surface area contributed by atoms with Crippen LogP contribution in [0.2, 0.25) is 0 Å². The third kappa shape index (κ3) is 4.27. The molecule has 1 aromatic rings. The molecule has 0 saturated carbocycles. The largest absolute Gasteiger partial charge is 0.493 e. The third-order valence-corrected chi connectivity index (χ3v) is 2.75. The summed E-state index contributed by atoms with van der Waals surface area (Å²) in [6, 6.07) is 7.74. The molecule has 1 aromatic carbocycles. The van der Waals surface area contributed by atoms with Gasteiger partial charge in [0.25, 0.3) is 0 Å². The first-order valence-corrected chi connectivity index (χ1v) is 6.71. The van der Waals surface area contributed by atoms with Gasteiger partial charge in [0.15, 0.2) is 6.10 Å². The van der Waals surface area contributed by atoms with Crippen molar-refractivity contribution in [2.75, 3.05) is 6.61 Å². The van der Waals surface area contributed by atoms with Gasteiger partial charge in [-0.3, -0.25) is 0 Å². The second kappa shape index (κ2) is 7.18. The molecule has 1 atom stereocenters. The van der Waals surface area contributed by atoms with E-state index in [0.717, 1.165) is 17.7 Å². The minimum absolute atomic E-state index is 0.464. The van der Waals surface area contributed by atoms with Crippen molar-refractivity contribution in [2.24, 2.45) is 0 Å². The normalized spacial score (nSPS) is 11.6. The van der Waals surface area contributed by atoms with E-state index in [2.05, 4.69) is 22.9 Å². The second-order valence-corrected chi connectivity index (χ2v) is 4.20. The molecule has 0 radical (unpaired) electrons. The van der Waals surface area contributed by atoms with Crippen molar-refractivity contribution in [3.8, 4) is 17.6 Å². The molecule has 0 aliphatic rings. The third-order valence-electron chi connectivity index (χ3n) is 2.14. The minimum Gasteiger partial charge on any atom is -0.493 e. The predicted molar refractivity (Wildman–Crippen MR) is 70.6 cm³/mol. The van der Waals surface area contributed by atoms with Gasteiger partial charge in [0.1, 0.15) is 17.6 Å². The fourth-order valence-corrected chi connectivity index (χ4v) is 1.74. The van der Waals surface area contributed by atoms with Gasteiger partial charge < -0.3 is 9.47 Å². The highest BCUT2D eigenvalue weighted by atomic mass is 79.9. The summed E-state index contributed by atoms with van der Waals surface area (Å²) in [7, 11) is 0. The standard InChI is InChI=1S/C13H16BrNO2/c1-3-6-16-12-5-4-11(8-14)13(7-12)17-10(2)9-15/h4-5,7,10H,3,6,8H2,1-2H3. The SMILES string of the molecule is CCCOc1ccc(CBr)c(OC(C)C#N)c1. The van der Waals surface area contributed by atoms with E-state index < -0.39 is 6.10 Å². The van der Waals surface area contributed by atoms with E-state index in [-0.39, 0.29) is 0 Å². The predicted octanol–water partition coefficient (Wildman–Crippen LogP) is 3.66. The summed E-state index contributed by atoms with van der Waals surface area (Å²) in [5, 5.41) is 9.44. The van der Waals surface area contributed by atoms with Gasteiger partial charge in [0.2, 0.25) is 0 Å². The Kier molecular flexibility index (Phi) is 5.85. The molecule has 0 bridgehead atoms. The Morgan fingerprint density at radius 2 is 2.24 bits per heavy atom. The lowest BCUT2D eigenvalue weighted by Gasteiger charge is -2.13. The van der Waals surface area contributed by atoms with Crippen LogP contribution >= 0.6 is 15.9 Å². The number of benzene rings is 1. The summed E-state index contributed by atoms with van der Waals surface area (Å²) < 4.78 is 11.1. The van der Waals surface area contributed by atoms with Crippen molar-refractivity contribution in [3.05, 3.63) is 23.8 Å². The number of alkyl halides is 1. The van der Waals surface area contributed by atoms with Crippen LogP contribution in [0.1, 0.15) is 25.8 Å². The highest BCUT2D eigenvalue weighted by molar-refractivity contribution is 9.08. The zero-order valence-electron chi connectivity index (χ0n) is 10.1. The van der Waals surface area contributed by atoms with Crippen LogP contribution in [0.5, 0.6) is 11.5 Å². The number of nitrogens with zero attached hydrogens (tertiary/aromatic N) is 1. The Bertz CT molecular complexity index is 401. The highest BCUT2D eigenvalue weighted by Crippen LogP contribution is 2.27. The minimum atomic E-state index is -0.464. The average molecular weight is 298 g/mol. The van der Waals surface area contributed by atoms with Gasteiger partial charge in [-0.2, -0.15) is 5.26 Å². The summed E-state index contributed by atoms with van der Waals surface area (Å²) in [6.07, 6.45) is 0.500. The number of hydrogen-bond donors (Lipinski definition) is 0. The molecule has 1 rings (SSSR count). The molecule has 0 aromatic heterocycles. The summed E-state index contributed by atoms with van der Waals surface area (Å²) in [4.78, 5) is 0. The molecule has 0 amide bonds. The van der Waals surface area contributed by atoms with Crippen molar-refractivity contribution in [1.82, 2.24) is 0 Å². The number of nitriles is 1. The zero-order valence-corrected chi connectivity index (χ0v) is 11.7. The molecule has 0 fully saturated rings. The molecule has 17 heavy (non-hydrogen) atoms. The molecule has 0 heterocycles. The first-order chi connectivity index (χ1) is 8.21. The van der Waals surface area contributed by atoms with Gasteiger partial charge >= 0.3 is 0 Å². The van der Waals surface area contributed by atoms with E-state index in [0.29, 0.717) is 17.7 Å². The summed E-state index contributed by atoms with van der Waals surface area (Å²) in [5.74, 6) is 1.47. The molecular weight excluding hydrogens is 282 g/mol. The molecule has 0 spiro atoms. The molecular formula is C13H16BrNO2. The van der Waals surface area contributed by atoms with Crippen LogP contribution in [-0.2, 0) is 5.33 Å². The fraction of sp³-hybridized carbons (Fsp3) is 0.462. The molecule has 0 saturated heterocycles. The Hall–Kier alpha value is -1.21. The average Bonchev–Trinajstić information content (AvgIpc) is 2.36. The Morgan fingerprint density at radius 3 is 2.82 bits per heavy atom. The number of rotatable bonds is 6. The lowest BCUT2D eigenvalue weighted by Crippen LogP contribution is -2.09. The topological polar surface area (TPSA) is 42.2 Å². The molecule has 0 aliphatic carbocycles. The Morgan fingerprint density at radius 1 is 1.47 bits per heavy atom. The Labute approximate surface area is 110 Å². The van der Waals surface area contributed by atoms with Crippen molar-refractivity contribution < 1.29 is 9.47 Å². The van der Waals surface area contributed by atoms with Crippen molar-refractivity contribution in [3.63, 3.8) is 0 Å². The Balaban J connectivity index is 2.86. The van der Waals surface area contributed by atoms with Gasteiger partial charge in [-0.1, -0.05) is 28.9 Å². The quantitative estimate of drug-likeness (QED) is 0.753. The van der Waals surface area contributed by atoms with Gasteiger partial charge in [-0.05, 0) is 19.4 Å². The first kappa shape index (κ1) is 13.9. The van der Waals surface area contributed by atoms with E-state index in [1.807, 2.05) is 24.3 Å². The van der Waals surface area contributed by atoms with E-state index >= 15 is 0 Å². The number of hydrogen-bond acceptors (Lipinski definition) is 3. The van der Waals surface area contributed by atoms with Gasteiger partial charge in [-0.15, -0.1) is 0 Å². The van der Waals surface area contributed by atoms with E-state index in [4.69, 9.17) is 14.7 Å². The van der Waals surface area contributed by atoms with Crippen LogP contribution in [-0.4, -0.2) is 12.7 Å². The van der Waals surface area contributed by atoms with Gasteiger partial charge in [-0.25, -0.2) is 0 Å². The van der Waals surface area contributed by atoms with Crippen LogP contribution in [0.25, 0.3) is 0 Å². The van der Waals surface area contributed by atoms with Gasteiger partial charge in [0.05, 0.1) is 6.61 Å². The maximum absolute atomic E-state index is 8.75. The number of ether oxygens (including phenoxy) is 2. The molecule has 4 heteroatoms. The fourth-order valence-electron chi connectivity index (χ4n) is 1.28. The van der Waals surface area contributed by atoms with E-state index in [1.54, 1.807) is 6.92 Å². The van der Waals surface area contributed by atoms with Crippen LogP contribution in [0.15, 0.2) is 18.2 Å². The molecule has 0 N–H and O–H groups in total. The van der Waals surface area contributed by atoms with Crippen molar-refractivity contribution >= 4 is 15.9 Å². The smallest absolute Gasteiger partial charge is 0.181 e. The van der Waals surface area contributed by atoms with E-state index in [1.165, 1.54) is 0 Å². The van der Waals surface area contributed by atoms with E-state index in [9.17, 15) is 0 Å². The molecule has 3 nitrogen and oxygen atoms in total.